The van der Waals surface area contributed by atoms with E-state index in [0.717, 1.165) is 55.8 Å². The van der Waals surface area contributed by atoms with Crippen LogP contribution in [0.3, 0.4) is 0 Å². The van der Waals surface area contributed by atoms with Crippen LogP contribution in [-0.4, -0.2) is 4.98 Å². The molecule has 0 aliphatic heterocycles. The van der Waals surface area contributed by atoms with Crippen LogP contribution >= 0.6 is 0 Å². The highest BCUT2D eigenvalue weighted by molar-refractivity contribution is 6.09. The molecule has 2 aromatic heterocycles. The van der Waals surface area contributed by atoms with Crippen molar-refractivity contribution < 1.29 is 4.42 Å². The Morgan fingerprint density at radius 2 is 1.07 bits per heavy atom. The van der Waals surface area contributed by atoms with Crippen molar-refractivity contribution in [3.05, 3.63) is 170 Å². The molecule has 0 saturated carbocycles. The van der Waals surface area contributed by atoms with Gasteiger partial charge in [-0.25, -0.2) is 4.98 Å². The molecule has 0 atom stereocenters. The van der Waals surface area contributed by atoms with Crippen LogP contribution in [0.2, 0.25) is 0 Å². The number of benzene rings is 7. The topological polar surface area (TPSA) is 29.3 Å². The number of fused-ring (bicyclic) bond motifs is 5. The first kappa shape index (κ1) is 26.2. The van der Waals surface area contributed by atoms with E-state index in [0.29, 0.717) is 0 Å². The third-order valence-corrected chi connectivity index (χ3v) is 8.83. The lowest BCUT2D eigenvalue weighted by molar-refractivity contribution is 0.668. The van der Waals surface area contributed by atoms with E-state index >= 15 is 0 Å². The fourth-order valence-corrected chi connectivity index (χ4v) is 6.54. The molecule has 3 heteroatoms. The maximum absolute atomic E-state index is 6.32. The molecule has 46 heavy (non-hydrogen) atoms. The quantitative estimate of drug-likeness (QED) is 0.200. The van der Waals surface area contributed by atoms with Crippen LogP contribution < -0.4 is 4.90 Å². The van der Waals surface area contributed by atoms with Crippen molar-refractivity contribution in [2.24, 2.45) is 0 Å². The predicted octanol–water partition coefficient (Wildman–Crippen LogP) is 12.1. The molecular formula is C43H28N2O. The van der Waals surface area contributed by atoms with Gasteiger partial charge in [-0.3, -0.25) is 4.90 Å². The zero-order chi connectivity index (χ0) is 30.5. The molecular weight excluding hydrogens is 560 g/mol. The summed E-state index contributed by atoms with van der Waals surface area (Å²) >= 11 is 0. The van der Waals surface area contributed by atoms with E-state index in [-0.39, 0.29) is 0 Å². The molecule has 7 aromatic carbocycles. The molecule has 0 unspecified atom stereocenters. The predicted molar refractivity (Wildman–Crippen MR) is 192 cm³/mol. The van der Waals surface area contributed by atoms with Crippen LogP contribution in [0.1, 0.15) is 0 Å². The Labute approximate surface area is 266 Å². The normalized spacial score (nSPS) is 11.5. The minimum atomic E-state index is 0.774. The number of para-hydroxylation sites is 1. The summed E-state index contributed by atoms with van der Waals surface area (Å²) in [6, 6.07) is 59.8. The van der Waals surface area contributed by atoms with Gasteiger partial charge in [0.1, 0.15) is 16.9 Å². The Kier molecular flexibility index (Phi) is 6.14. The summed E-state index contributed by atoms with van der Waals surface area (Å²) in [5.41, 5.74) is 9.19. The van der Waals surface area contributed by atoms with Crippen molar-refractivity contribution in [3.63, 3.8) is 0 Å². The van der Waals surface area contributed by atoms with Gasteiger partial charge in [0.15, 0.2) is 5.58 Å². The van der Waals surface area contributed by atoms with Crippen molar-refractivity contribution in [2.75, 3.05) is 4.90 Å². The second-order valence-electron chi connectivity index (χ2n) is 11.6. The molecule has 0 aliphatic carbocycles. The minimum absolute atomic E-state index is 0.774. The number of furan rings is 1. The minimum Gasteiger partial charge on any atom is -0.454 e. The van der Waals surface area contributed by atoms with Gasteiger partial charge in [0.05, 0.1) is 5.69 Å². The highest BCUT2D eigenvalue weighted by atomic mass is 16.3. The van der Waals surface area contributed by atoms with E-state index in [2.05, 4.69) is 163 Å². The fourth-order valence-electron chi connectivity index (χ4n) is 6.54. The monoisotopic (exact) mass is 588 g/mol. The van der Waals surface area contributed by atoms with Gasteiger partial charge in [0.2, 0.25) is 0 Å². The standard InChI is InChI=1S/C43H28N2O/c1-2-10-29(11-3-1)31-20-22-36(23-21-31)45(39-17-9-8-16-37(39)35-19-18-30-12-4-5-13-32(30)26-35)42-25-24-40-43(44-42)38-27-33-14-6-7-15-34(33)28-41(38)46-40/h1-28H. The molecule has 216 valence electrons. The van der Waals surface area contributed by atoms with Gasteiger partial charge in [0, 0.05) is 16.6 Å². The first-order chi connectivity index (χ1) is 22.8. The summed E-state index contributed by atoms with van der Waals surface area (Å²) in [5.74, 6) is 0.823. The van der Waals surface area contributed by atoms with Crippen molar-refractivity contribution >= 4 is 60.8 Å². The third-order valence-electron chi connectivity index (χ3n) is 8.83. The summed E-state index contributed by atoms with van der Waals surface area (Å²) in [5, 5.41) is 5.77. The summed E-state index contributed by atoms with van der Waals surface area (Å²) in [4.78, 5) is 7.58. The molecule has 0 aliphatic rings. The molecule has 9 rings (SSSR count). The maximum Gasteiger partial charge on any atom is 0.154 e. The van der Waals surface area contributed by atoms with Gasteiger partial charge in [-0.2, -0.15) is 0 Å². The van der Waals surface area contributed by atoms with Crippen molar-refractivity contribution in [3.8, 4) is 22.3 Å². The van der Waals surface area contributed by atoms with Gasteiger partial charge >= 0.3 is 0 Å². The molecule has 0 fully saturated rings. The summed E-state index contributed by atoms with van der Waals surface area (Å²) in [6.45, 7) is 0. The lowest BCUT2D eigenvalue weighted by atomic mass is 9.98. The molecule has 0 amide bonds. The van der Waals surface area contributed by atoms with Gasteiger partial charge < -0.3 is 4.42 Å². The molecule has 0 bridgehead atoms. The Balaban J connectivity index is 1.25. The van der Waals surface area contributed by atoms with Gasteiger partial charge in [-0.15, -0.1) is 0 Å². The molecule has 0 radical (unpaired) electrons. The van der Waals surface area contributed by atoms with E-state index in [9.17, 15) is 0 Å². The summed E-state index contributed by atoms with van der Waals surface area (Å²) in [6.07, 6.45) is 0. The van der Waals surface area contributed by atoms with Crippen LogP contribution in [0.25, 0.3) is 65.9 Å². The Bertz CT molecular complexity index is 2530. The molecule has 0 saturated heterocycles. The van der Waals surface area contributed by atoms with Crippen LogP contribution in [0, 0.1) is 0 Å². The number of pyridine rings is 1. The number of aromatic nitrogens is 1. The number of rotatable bonds is 5. The maximum atomic E-state index is 6.32. The fraction of sp³-hybridized carbons (Fsp3) is 0. The number of nitrogens with zero attached hydrogens (tertiary/aromatic N) is 2. The Morgan fingerprint density at radius 1 is 0.435 bits per heavy atom. The molecule has 0 spiro atoms. The number of hydrogen-bond donors (Lipinski definition) is 0. The van der Waals surface area contributed by atoms with Crippen LogP contribution in [0.4, 0.5) is 17.2 Å². The van der Waals surface area contributed by atoms with E-state index in [1.165, 1.54) is 27.3 Å². The Morgan fingerprint density at radius 3 is 1.87 bits per heavy atom. The van der Waals surface area contributed by atoms with E-state index in [1.54, 1.807) is 0 Å². The average Bonchev–Trinajstić information content (AvgIpc) is 3.48. The highest BCUT2D eigenvalue weighted by Gasteiger charge is 2.20. The lowest BCUT2D eigenvalue weighted by Gasteiger charge is -2.27. The number of anilines is 3. The first-order valence-electron chi connectivity index (χ1n) is 15.5. The molecule has 2 heterocycles. The number of hydrogen-bond acceptors (Lipinski definition) is 3. The molecule has 0 N–H and O–H groups in total. The smallest absolute Gasteiger partial charge is 0.154 e. The second-order valence-corrected chi connectivity index (χ2v) is 11.6. The second kappa shape index (κ2) is 10.8. The zero-order valence-corrected chi connectivity index (χ0v) is 25.0. The van der Waals surface area contributed by atoms with E-state index in [4.69, 9.17) is 9.40 Å². The van der Waals surface area contributed by atoms with Crippen LogP contribution in [-0.2, 0) is 0 Å². The van der Waals surface area contributed by atoms with Gasteiger partial charge in [-0.05, 0) is 86.8 Å². The van der Waals surface area contributed by atoms with Crippen molar-refractivity contribution in [1.82, 2.24) is 4.98 Å². The summed E-state index contributed by atoms with van der Waals surface area (Å²) in [7, 11) is 0. The van der Waals surface area contributed by atoms with Gasteiger partial charge in [0.25, 0.3) is 0 Å². The van der Waals surface area contributed by atoms with Crippen LogP contribution in [0.5, 0.6) is 0 Å². The largest absolute Gasteiger partial charge is 0.454 e. The van der Waals surface area contributed by atoms with E-state index in [1.807, 2.05) is 12.1 Å². The third kappa shape index (κ3) is 4.49. The first-order valence-corrected chi connectivity index (χ1v) is 15.5. The van der Waals surface area contributed by atoms with Crippen molar-refractivity contribution in [1.29, 1.82) is 0 Å². The van der Waals surface area contributed by atoms with Crippen LogP contribution in [0.15, 0.2) is 174 Å². The average molecular weight is 589 g/mol. The Hall–Kier alpha value is -6.19. The molecule has 9 aromatic rings. The highest BCUT2D eigenvalue weighted by Crippen LogP contribution is 2.42. The summed E-state index contributed by atoms with van der Waals surface area (Å²) < 4.78 is 6.32. The zero-order valence-electron chi connectivity index (χ0n) is 25.0. The van der Waals surface area contributed by atoms with E-state index < -0.39 is 0 Å². The lowest BCUT2D eigenvalue weighted by Crippen LogP contribution is -2.12. The molecule has 3 nitrogen and oxygen atoms in total. The van der Waals surface area contributed by atoms with Crippen molar-refractivity contribution in [2.45, 2.75) is 0 Å². The van der Waals surface area contributed by atoms with Gasteiger partial charge in [-0.1, -0.05) is 121 Å². The SMILES string of the molecule is c1ccc(-c2ccc(N(c3ccc4oc5cc6ccccc6cc5c4n3)c3ccccc3-c3ccc4ccccc4c3)cc2)cc1.